The fraction of sp³-hybridized carbons (Fsp3) is 0.650. The molecule has 1 spiro atoms. The van der Waals surface area contributed by atoms with E-state index in [1.807, 2.05) is 12.2 Å². The van der Waals surface area contributed by atoms with Gasteiger partial charge in [0.25, 0.3) is 0 Å². The van der Waals surface area contributed by atoms with Crippen LogP contribution >= 0.6 is 0 Å². The van der Waals surface area contributed by atoms with Crippen LogP contribution in [-0.2, 0) is 19.1 Å². The summed E-state index contributed by atoms with van der Waals surface area (Å²) in [5.74, 6) is -1.90. The first kappa shape index (κ1) is 18.2. The van der Waals surface area contributed by atoms with Crippen molar-refractivity contribution >= 4 is 17.7 Å². The third-order valence-electron chi connectivity index (χ3n) is 6.45. The summed E-state index contributed by atoms with van der Waals surface area (Å²) in [6, 6.07) is -0.634. The van der Waals surface area contributed by atoms with E-state index in [9.17, 15) is 14.4 Å². The van der Waals surface area contributed by atoms with Crippen LogP contribution in [0.2, 0.25) is 0 Å². The van der Waals surface area contributed by atoms with Crippen molar-refractivity contribution in [2.75, 3.05) is 13.6 Å². The first-order valence-electron chi connectivity index (χ1n) is 9.84. The average Bonchev–Trinajstić information content (AvgIpc) is 3.30. The highest BCUT2D eigenvalue weighted by Gasteiger charge is 2.72. The van der Waals surface area contributed by atoms with Gasteiger partial charge >= 0.3 is 0 Å². The molecule has 0 aromatic rings. The topological polar surface area (TPSA) is 87.7 Å². The van der Waals surface area contributed by atoms with Crippen molar-refractivity contribution in [1.82, 2.24) is 15.5 Å². The van der Waals surface area contributed by atoms with Gasteiger partial charge in [0.05, 0.1) is 17.9 Å². The van der Waals surface area contributed by atoms with Crippen LogP contribution in [0, 0.1) is 11.8 Å². The van der Waals surface area contributed by atoms with E-state index in [2.05, 4.69) is 17.2 Å². The molecule has 5 atom stereocenters. The van der Waals surface area contributed by atoms with E-state index in [0.29, 0.717) is 0 Å². The molecule has 7 nitrogen and oxygen atoms in total. The van der Waals surface area contributed by atoms with Crippen LogP contribution in [0.4, 0.5) is 0 Å². The van der Waals surface area contributed by atoms with Gasteiger partial charge in [-0.3, -0.25) is 14.4 Å². The van der Waals surface area contributed by atoms with Gasteiger partial charge in [0.2, 0.25) is 17.7 Å². The van der Waals surface area contributed by atoms with Gasteiger partial charge in [-0.1, -0.05) is 37.5 Å². The van der Waals surface area contributed by atoms with E-state index in [-0.39, 0.29) is 30.3 Å². The molecule has 27 heavy (non-hydrogen) atoms. The lowest BCUT2D eigenvalue weighted by Crippen LogP contribution is -2.56. The molecule has 3 heterocycles. The summed E-state index contributed by atoms with van der Waals surface area (Å²) >= 11 is 0. The predicted molar refractivity (Wildman–Crippen MR) is 98.5 cm³/mol. The molecule has 0 unspecified atom stereocenters. The minimum atomic E-state index is -1.07. The Morgan fingerprint density at radius 3 is 2.74 bits per heavy atom. The first-order chi connectivity index (χ1) is 13.0. The van der Waals surface area contributed by atoms with Gasteiger partial charge in [-0.05, 0) is 12.8 Å². The molecule has 7 heteroatoms. The molecule has 0 aromatic carbocycles. The van der Waals surface area contributed by atoms with Gasteiger partial charge in [-0.2, -0.15) is 0 Å². The standard InChI is InChI=1S/C20H27N3O4/c1-3-11-23-16(18(25)22-12-7-5-4-6-8-12)20-10-9-13(27-20)14(17(24)21-2)15(20)19(23)26/h3,9-10,12-16H,1,4-8,11H2,2H3,(H,21,24)(H,22,25)/t13-,14+,15-,16+,20-/m0/s1. The van der Waals surface area contributed by atoms with Crippen LogP contribution in [0.3, 0.4) is 0 Å². The van der Waals surface area contributed by atoms with Crippen molar-refractivity contribution in [2.24, 2.45) is 11.8 Å². The normalized spacial score (nSPS) is 37.4. The van der Waals surface area contributed by atoms with Gasteiger partial charge in [-0.25, -0.2) is 0 Å². The van der Waals surface area contributed by atoms with Crippen LogP contribution in [0.25, 0.3) is 0 Å². The molecule has 146 valence electrons. The Kier molecular flexibility index (Phi) is 4.58. The average molecular weight is 373 g/mol. The van der Waals surface area contributed by atoms with E-state index < -0.39 is 29.6 Å². The lowest BCUT2D eigenvalue weighted by atomic mass is 9.74. The number of amides is 3. The second kappa shape index (κ2) is 6.78. The number of carbonyl (C=O) groups excluding carboxylic acids is 3. The van der Waals surface area contributed by atoms with E-state index in [1.54, 1.807) is 13.1 Å². The van der Waals surface area contributed by atoms with Crippen LogP contribution < -0.4 is 10.6 Å². The molecule has 0 radical (unpaired) electrons. The molecule has 1 saturated carbocycles. The van der Waals surface area contributed by atoms with Crippen molar-refractivity contribution in [2.45, 2.75) is 55.9 Å². The minimum Gasteiger partial charge on any atom is -0.359 e. The zero-order valence-electron chi connectivity index (χ0n) is 15.6. The number of hydrogen-bond donors (Lipinski definition) is 2. The third kappa shape index (κ3) is 2.63. The molecule has 1 aliphatic carbocycles. The Hall–Kier alpha value is -2.15. The lowest BCUT2D eigenvalue weighted by Gasteiger charge is -2.33. The van der Waals surface area contributed by atoms with Gasteiger partial charge in [-0.15, -0.1) is 6.58 Å². The van der Waals surface area contributed by atoms with Crippen molar-refractivity contribution in [3.63, 3.8) is 0 Å². The number of ether oxygens (including phenoxy) is 1. The minimum absolute atomic E-state index is 0.139. The molecule has 3 fully saturated rings. The van der Waals surface area contributed by atoms with E-state index in [1.165, 1.54) is 11.3 Å². The number of fused-ring (bicyclic) bond motifs is 1. The highest BCUT2D eigenvalue weighted by atomic mass is 16.5. The highest BCUT2D eigenvalue weighted by Crippen LogP contribution is 2.55. The van der Waals surface area contributed by atoms with E-state index >= 15 is 0 Å². The number of nitrogens with zero attached hydrogens (tertiary/aromatic N) is 1. The number of nitrogens with one attached hydrogen (secondary N) is 2. The molecule has 4 rings (SSSR count). The summed E-state index contributed by atoms with van der Waals surface area (Å²) in [5, 5.41) is 5.77. The van der Waals surface area contributed by atoms with Gasteiger partial charge in [0.15, 0.2) is 0 Å². The summed E-state index contributed by atoms with van der Waals surface area (Å²) in [6.07, 6.45) is 10.1. The fourth-order valence-corrected chi connectivity index (χ4v) is 5.30. The van der Waals surface area contributed by atoms with Gasteiger partial charge in [0.1, 0.15) is 11.6 Å². The molecule has 3 amide bonds. The molecule has 2 N–H and O–H groups in total. The molecule has 0 aromatic heterocycles. The Bertz CT molecular complexity index is 699. The number of likely N-dealkylation sites (tertiary alicyclic amines) is 1. The van der Waals surface area contributed by atoms with Crippen LogP contribution in [0.5, 0.6) is 0 Å². The highest BCUT2D eigenvalue weighted by molar-refractivity contribution is 5.99. The van der Waals surface area contributed by atoms with E-state index in [0.717, 1.165) is 25.7 Å². The quantitative estimate of drug-likeness (QED) is 0.688. The Morgan fingerprint density at radius 1 is 1.33 bits per heavy atom. The second-order valence-electron chi connectivity index (χ2n) is 7.94. The maximum absolute atomic E-state index is 13.3. The maximum atomic E-state index is 13.3. The zero-order valence-corrected chi connectivity index (χ0v) is 15.6. The van der Waals surface area contributed by atoms with Gasteiger partial charge in [0, 0.05) is 19.6 Å². The number of rotatable bonds is 5. The smallest absolute Gasteiger partial charge is 0.246 e. The second-order valence-corrected chi connectivity index (χ2v) is 7.94. The first-order valence-corrected chi connectivity index (χ1v) is 9.84. The molecular weight excluding hydrogens is 346 g/mol. The molecule has 2 saturated heterocycles. The lowest BCUT2D eigenvalue weighted by molar-refractivity contribution is -0.141. The largest absolute Gasteiger partial charge is 0.359 e. The summed E-state index contributed by atoms with van der Waals surface area (Å²) in [7, 11) is 1.55. The van der Waals surface area contributed by atoms with E-state index in [4.69, 9.17) is 4.74 Å². The predicted octanol–water partition coefficient (Wildman–Crippen LogP) is 0.518. The summed E-state index contributed by atoms with van der Waals surface area (Å²) in [5.41, 5.74) is -1.07. The van der Waals surface area contributed by atoms with Crippen molar-refractivity contribution in [1.29, 1.82) is 0 Å². The van der Waals surface area contributed by atoms with Gasteiger partial charge < -0.3 is 20.3 Å². The Morgan fingerprint density at radius 2 is 2.07 bits per heavy atom. The van der Waals surface area contributed by atoms with Crippen LogP contribution in [0.15, 0.2) is 24.8 Å². The van der Waals surface area contributed by atoms with Crippen LogP contribution in [-0.4, -0.2) is 60.0 Å². The molecular formula is C20H27N3O4. The third-order valence-corrected chi connectivity index (χ3v) is 6.45. The van der Waals surface area contributed by atoms with Crippen molar-refractivity contribution < 1.29 is 19.1 Å². The molecule has 3 aliphatic heterocycles. The van der Waals surface area contributed by atoms with Crippen LogP contribution in [0.1, 0.15) is 32.1 Å². The SMILES string of the molecule is C=CCN1C(=O)[C@@H]2[C@H](C(=O)NC)[C@@H]3C=C[C@@]2(O3)[C@H]1C(=O)NC1CCCCC1. The fourth-order valence-electron chi connectivity index (χ4n) is 5.30. The Balaban J connectivity index is 1.66. The molecule has 4 aliphatic rings. The summed E-state index contributed by atoms with van der Waals surface area (Å²) in [6.45, 7) is 3.98. The number of carbonyl (C=O) groups is 3. The Labute approximate surface area is 159 Å². The monoisotopic (exact) mass is 373 g/mol. The van der Waals surface area contributed by atoms with Crippen molar-refractivity contribution in [3.8, 4) is 0 Å². The summed E-state index contributed by atoms with van der Waals surface area (Å²) in [4.78, 5) is 40.4. The van der Waals surface area contributed by atoms with Crippen molar-refractivity contribution in [3.05, 3.63) is 24.8 Å². The number of hydrogen-bond acceptors (Lipinski definition) is 4. The maximum Gasteiger partial charge on any atom is 0.246 e. The summed E-state index contributed by atoms with van der Waals surface area (Å²) < 4.78 is 6.16. The zero-order chi connectivity index (χ0) is 19.2. The molecule has 2 bridgehead atoms.